The lowest BCUT2D eigenvalue weighted by Crippen LogP contribution is -2.43. The topological polar surface area (TPSA) is 48.6 Å². The van der Waals surface area contributed by atoms with Gasteiger partial charge in [0.25, 0.3) is 5.56 Å². The van der Waals surface area contributed by atoms with Crippen LogP contribution in [0.1, 0.15) is 38.2 Å². The average Bonchev–Trinajstić information content (AvgIpc) is 3.18. The predicted octanol–water partition coefficient (Wildman–Crippen LogP) is 2.99. The first kappa shape index (κ1) is 17.6. The molecule has 4 rings (SSSR count). The number of hydrogen-bond acceptors (Lipinski definition) is 4. The summed E-state index contributed by atoms with van der Waals surface area (Å²) < 4.78 is 5.59. The number of aromatic nitrogens is 1. The summed E-state index contributed by atoms with van der Waals surface area (Å²) in [5.74, 6) is 0.851. The number of benzene rings is 1. The Morgan fingerprint density at radius 2 is 1.88 bits per heavy atom. The Morgan fingerprint density at radius 3 is 2.62 bits per heavy atom. The molecule has 1 aromatic carbocycles. The summed E-state index contributed by atoms with van der Waals surface area (Å²) in [5, 5.41) is 1.04. The Kier molecular flexibility index (Phi) is 5.27. The van der Waals surface area contributed by atoms with Gasteiger partial charge in [0.05, 0.1) is 6.61 Å². The molecule has 2 aliphatic rings. The van der Waals surface area contributed by atoms with E-state index in [9.17, 15) is 4.79 Å². The molecule has 2 aromatic rings. The third-order valence-corrected chi connectivity index (χ3v) is 5.81. The number of pyridine rings is 1. The second-order valence-electron chi connectivity index (χ2n) is 7.56. The average molecular weight is 355 g/mol. The van der Waals surface area contributed by atoms with Gasteiger partial charge in [-0.05, 0) is 83.1 Å². The number of nitrogens with zero attached hydrogens (tertiary/aromatic N) is 2. The highest BCUT2D eigenvalue weighted by atomic mass is 16.5. The molecule has 0 aliphatic carbocycles. The standard InChI is InChI=1S/C21H29N3O2/c1-2-26-19-5-6-20-16(14-19)13-17(21(25)22-20)15-23-11-7-18(8-12-23)24-9-3-4-10-24/h5-6,13-14,18H,2-4,7-12,15H2,1H3,(H,22,25). The zero-order valence-corrected chi connectivity index (χ0v) is 15.7. The SMILES string of the molecule is CCOc1ccc2[nH]c(=O)c(CN3CCC(N4CCCC4)CC3)cc2c1. The third-order valence-electron chi connectivity index (χ3n) is 5.81. The maximum Gasteiger partial charge on any atom is 0.252 e. The molecule has 1 aromatic heterocycles. The van der Waals surface area contributed by atoms with Crippen molar-refractivity contribution < 1.29 is 4.74 Å². The molecule has 5 heteroatoms. The molecule has 0 spiro atoms. The molecule has 0 amide bonds. The van der Waals surface area contributed by atoms with E-state index in [1.165, 1.54) is 38.8 Å². The Balaban J connectivity index is 1.45. The van der Waals surface area contributed by atoms with Gasteiger partial charge in [0.2, 0.25) is 0 Å². The predicted molar refractivity (Wildman–Crippen MR) is 105 cm³/mol. The van der Waals surface area contributed by atoms with Crippen LogP contribution in [0.3, 0.4) is 0 Å². The van der Waals surface area contributed by atoms with Crippen molar-refractivity contribution in [3.63, 3.8) is 0 Å². The number of H-pyrrole nitrogens is 1. The van der Waals surface area contributed by atoms with Crippen LogP contribution in [0, 0.1) is 0 Å². The lowest BCUT2D eigenvalue weighted by atomic mass is 10.0. The van der Waals surface area contributed by atoms with E-state index in [1.807, 2.05) is 31.2 Å². The summed E-state index contributed by atoms with van der Waals surface area (Å²) in [6, 6.07) is 8.62. The van der Waals surface area contributed by atoms with Gasteiger partial charge in [-0.25, -0.2) is 0 Å². The van der Waals surface area contributed by atoms with Gasteiger partial charge in [-0.3, -0.25) is 9.69 Å². The maximum atomic E-state index is 12.5. The van der Waals surface area contributed by atoms with Crippen LogP contribution in [-0.4, -0.2) is 53.6 Å². The van der Waals surface area contributed by atoms with Crippen molar-refractivity contribution in [1.82, 2.24) is 14.8 Å². The molecule has 2 aliphatic heterocycles. The summed E-state index contributed by atoms with van der Waals surface area (Å²) in [4.78, 5) is 20.6. The first-order valence-electron chi connectivity index (χ1n) is 9.98. The maximum absolute atomic E-state index is 12.5. The van der Waals surface area contributed by atoms with Gasteiger partial charge in [-0.15, -0.1) is 0 Å². The largest absolute Gasteiger partial charge is 0.494 e. The van der Waals surface area contributed by atoms with Gasteiger partial charge in [-0.2, -0.15) is 0 Å². The molecule has 0 saturated carbocycles. The van der Waals surface area contributed by atoms with Crippen LogP contribution < -0.4 is 10.3 Å². The zero-order chi connectivity index (χ0) is 17.9. The molecule has 3 heterocycles. The molecule has 2 fully saturated rings. The Bertz CT molecular complexity index is 802. The van der Waals surface area contributed by atoms with Gasteiger partial charge < -0.3 is 14.6 Å². The number of nitrogens with one attached hydrogen (secondary N) is 1. The number of ether oxygens (including phenoxy) is 1. The molecule has 0 unspecified atom stereocenters. The van der Waals surface area contributed by atoms with E-state index in [2.05, 4.69) is 14.8 Å². The van der Waals surface area contributed by atoms with E-state index in [4.69, 9.17) is 4.74 Å². The summed E-state index contributed by atoms with van der Waals surface area (Å²) in [6.45, 7) is 8.07. The monoisotopic (exact) mass is 355 g/mol. The first-order valence-corrected chi connectivity index (χ1v) is 9.98. The van der Waals surface area contributed by atoms with Crippen molar-refractivity contribution in [1.29, 1.82) is 0 Å². The van der Waals surface area contributed by atoms with Crippen LogP contribution >= 0.6 is 0 Å². The van der Waals surface area contributed by atoms with Crippen LogP contribution in [-0.2, 0) is 6.54 Å². The number of hydrogen-bond donors (Lipinski definition) is 1. The fraction of sp³-hybridized carbons (Fsp3) is 0.571. The minimum Gasteiger partial charge on any atom is -0.494 e. The molecule has 0 bridgehead atoms. The smallest absolute Gasteiger partial charge is 0.252 e. The number of rotatable bonds is 5. The lowest BCUT2D eigenvalue weighted by Gasteiger charge is -2.36. The molecule has 1 N–H and O–H groups in total. The molecule has 140 valence electrons. The van der Waals surface area contributed by atoms with Gasteiger partial charge in [0.1, 0.15) is 5.75 Å². The number of aromatic amines is 1. The molecule has 0 atom stereocenters. The minimum atomic E-state index is 0.0309. The molecular formula is C21H29N3O2. The highest BCUT2D eigenvalue weighted by molar-refractivity contribution is 5.80. The number of likely N-dealkylation sites (tertiary alicyclic amines) is 2. The van der Waals surface area contributed by atoms with Crippen molar-refractivity contribution in [2.45, 2.75) is 45.2 Å². The van der Waals surface area contributed by atoms with E-state index in [1.54, 1.807) is 0 Å². The lowest BCUT2D eigenvalue weighted by molar-refractivity contribution is 0.122. The fourth-order valence-electron chi connectivity index (χ4n) is 4.39. The second-order valence-corrected chi connectivity index (χ2v) is 7.56. The molecular weight excluding hydrogens is 326 g/mol. The van der Waals surface area contributed by atoms with Crippen molar-refractivity contribution in [2.75, 3.05) is 32.8 Å². The van der Waals surface area contributed by atoms with Crippen molar-refractivity contribution in [2.24, 2.45) is 0 Å². The van der Waals surface area contributed by atoms with Crippen molar-refractivity contribution >= 4 is 10.9 Å². The van der Waals surface area contributed by atoms with E-state index in [0.29, 0.717) is 6.61 Å². The number of fused-ring (bicyclic) bond motifs is 1. The quantitative estimate of drug-likeness (QED) is 0.896. The van der Waals surface area contributed by atoms with Crippen LogP contribution in [0.25, 0.3) is 10.9 Å². The summed E-state index contributed by atoms with van der Waals surface area (Å²) in [6.07, 6.45) is 5.16. The molecule has 5 nitrogen and oxygen atoms in total. The van der Waals surface area contributed by atoms with Gasteiger partial charge in [-0.1, -0.05) is 0 Å². The van der Waals surface area contributed by atoms with Gasteiger partial charge in [0.15, 0.2) is 0 Å². The van der Waals surface area contributed by atoms with E-state index < -0.39 is 0 Å². The highest BCUT2D eigenvalue weighted by Crippen LogP contribution is 2.23. The van der Waals surface area contributed by atoms with Crippen LogP contribution in [0.15, 0.2) is 29.1 Å². The Hall–Kier alpha value is -1.85. The van der Waals surface area contributed by atoms with Crippen LogP contribution in [0.2, 0.25) is 0 Å². The highest BCUT2D eigenvalue weighted by Gasteiger charge is 2.26. The first-order chi connectivity index (χ1) is 12.7. The summed E-state index contributed by atoms with van der Waals surface area (Å²) in [7, 11) is 0. The second kappa shape index (κ2) is 7.80. The van der Waals surface area contributed by atoms with Gasteiger partial charge >= 0.3 is 0 Å². The summed E-state index contributed by atoms with van der Waals surface area (Å²) in [5.41, 5.74) is 1.75. The Labute approximate surface area is 154 Å². The molecule has 26 heavy (non-hydrogen) atoms. The minimum absolute atomic E-state index is 0.0309. The van der Waals surface area contributed by atoms with Crippen molar-refractivity contribution in [3.8, 4) is 5.75 Å². The van der Waals surface area contributed by atoms with Crippen LogP contribution in [0.4, 0.5) is 0 Å². The normalized spacial score (nSPS) is 20.0. The Morgan fingerprint density at radius 1 is 1.12 bits per heavy atom. The van der Waals surface area contributed by atoms with Gasteiger partial charge in [0, 0.05) is 29.1 Å². The van der Waals surface area contributed by atoms with Crippen molar-refractivity contribution in [3.05, 3.63) is 40.2 Å². The summed E-state index contributed by atoms with van der Waals surface area (Å²) >= 11 is 0. The zero-order valence-electron chi connectivity index (χ0n) is 15.7. The third kappa shape index (κ3) is 3.79. The molecule has 0 radical (unpaired) electrons. The van der Waals surface area contributed by atoms with E-state index >= 15 is 0 Å². The van der Waals surface area contributed by atoms with E-state index in [0.717, 1.165) is 47.9 Å². The number of piperidine rings is 1. The van der Waals surface area contributed by atoms with Crippen LogP contribution in [0.5, 0.6) is 5.75 Å². The fourth-order valence-corrected chi connectivity index (χ4v) is 4.39. The molecule has 2 saturated heterocycles. The van der Waals surface area contributed by atoms with E-state index in [-0.39, 0.29) is 5.56 Å².